The van der Waals surface area contributed by atoms with Gasteiger partial charge >= 0.3 is 0 Å². The normalized spacial score (nSPS) is 15.2. The number of hydrogen-bond donors (Lipinski definition) is 2. The predicted octanol–water partition coefficient (Wildman–Crippen LogP) is 0.456. The van der Waals surface area contributed by atoms with Crippen LogP contribution in [0.15, 0.2) is 16.3 Å². The van der Waals surface area contributed by atoms with Crippen molar-refractivity contribution in [3.05, 3.63) is 11.9 Å². The number of fused-ring (bicyclic) bond motifs is 1. The van der Waals surface area contributed by atoms with Crippen LogP contribution in [0.4, 0.5) is 0 Å². The van der Waals surface area contributed by atoms with Crippen LogP contribution in [-0.4, -0.2) is 34.4 Å². The summed E-state index contributed by atoms with van der Waals surface area (Å²) in [5.41, 5.74) is 6.74. The van der Waals surface area contributed by atoms with E-state index in [0.29, 0.717) is 12.5 Å². The summed E-state index contributed by atoms with van der Waals surface area (Å²) in [5, 5.41) is 4.11. The van der Waals surface area contributed by atoms with Gasteiger partial charge in [0, 0.05) is 38.0 Å². The molecule has 2 rings (SSSR count). The molecule has 16 heavy (non-hydrogen) atoms. The molecule has 0 aliphatic carbocycles. The van der Waals surface area contributed by atoms with Gasteiger partial charge in [-0.2, -0.15) is 0 Å². The van der Waals surface area contributed by atoms with Crippen molar-refractivity contribution >= 4 is 17.7 Å². The van der Waals surface area contributed by atoms with Gasteiger partial charge in [-0.3, -0.25) is 4.99 Å². The second kappa shape index (κ2) is 5.25. The van der Waals surface area contributed by atoms with Gasteiger partial charge in [0.25, 0.3) is 0 Å². The summed E-state index contributed by atoms with van der Waals surface area (Å²) in [7, 11) is 0. The van der Waals surface area contributed by atoms with Crippen molar-refractivity contribution in [2.24, 2.45) is 10.7 Å². The van der Waals surface area contributed by atoms with Crippen molar-refractivity contribution < 1.29 is 0 Å². The van der Waals surface area contributed by atoms with E-state index in [1.165, 1.54) is 0 Å². The molecule has 1 aliphatic rings. The molecular weight excluding hydrogens is 222 g/mol. The molecule has 1 aromatic rings. The summed E-state index contributed by atoms with van der Waals surface area (Å²) >= 11 is 1.82. The highest BCUT2D eigenvalue weighted by Gasteiger charge is 2.13. The molecule has 1 aliphatic heterocycles. The van der Waals surface area contributed by atoms with E-state index in [1.807, 2.05) is 18.7 Å². The van der Waals surface area contributed by atoms with E-state index < -0.39 is 0 Å². The van der Waals surface area contributed by atoms with Gasteiger partial charge in [-0.25, -0.2) is 4.98 Å². The lowest BCUT2D eigenvalue weighted by Crippen LogP contribution is -2.31. The van der Waals surface area contributed by atoms with Crippen LogP contribution in [0.25, 0.3) is 0 Å². The molecule has 5 nitrogen and oxygen atoms in total. The molecule has 3 N–H and O–H groups in total. The first-order chi connectivity index (χ1) is 7.79. The molecule has 1 aromatic heterocycles. The number of nitrogens with two attached hydrogens (primary N) is 1. The highest BCUT2D eigenvalue weighted by Crippen LogP contribution is 2.24. The standard InChI is InChI=1S/C10H17N5S/c1-2-12-9(11)13-4-3-8-7-15-5-6-16-10(15)14-8/h7H,2-6H2,1H3,(H3,11,12,13). The van der Waals surface area contributed by atoms with Gasteiger partial charge in [0.15, 0.2) is 11.1 Å². The van der Waals surface area contributed by atoms with Crippen LogP contribution < -0.4 is 11.1 Å². The van der Waals surface area contributed by atoms with Crippen molar-refractivity contribution in [2.45, 2.75) is 25.0 Å². The number of imidazole rings is 1. The minimum Gasteiger partial charge on any atom is -0.370 e. The number of nitrogens with one attached hydrogen (secondary N) is 1. The van der Waals surface area contributed by atoms with Crippen LogP contribution in [0.3, 0.4) is 0 Å². The van der Waals surface area contributed by atoms with Gasteiger partial charge in [-0.05, 0) is 6.92 Å². The fourth-order valence-electron chi connectivity index (χ4n) is 1.61. The summed E-state index contributed by atoms with van der Waals surface area (Å²) in [6, 6.07) is 0. The first kappa shape index (κ1) is 11.3. The maximum absolute atomic E-state index is 5.63. The third-order valence-corrected chi connectivity index (χ3v) is 3.33. The van der Waals surface area contributed by atoms with E-state index in [4.69, 9.17) is 5.73 Å². The fourth-order valence-corrected chi connectivity index (χ4v) is 2.57. The Morgan fingerprint density at radius 3 is 3.38 bits per heavy atom. The minimum atomic E-state index is 0.517. The molecule has 2 heterocycles. The highest BCUT2D eigenvalue weighted by molar-refractivity contribution is 7.99. The third kappa shape index (κ3) is 2.69. The van der Waals surface area contributed by atoms with Crippen LogP contribution >= 0.6 is 11.8 Å². The van der Waals surface area contributed by atoms with E-state index >= 15 is 0 Å². The van der Waals surface area contributed by atoms with Crippen molar-refractivity contribution in [2.75, 3.05) is 18.8 Å². The molecule has 0 aromatic carbocycles. The maximum Gasteiger partial charge on any atom is 0.188 e. The first-order valence-corrected chi connectivity index (χ1v) is 6.51. The second-order valence-corrected chi connectivity index (χ2v) is 4.67. The van der Waals surface area contributed by atoms with E-state index in [1.54, 1.807) is 0 Å². The second-order valence-electron chi connectivity index (χ2n) is 3.60. The van der Waals surface area contributed by atoms with E-state index in [9.17, 15) is 0 Å². The van der Waals surface area contributed by atoms with Gasteiger partial charge in [0.1, 0.15) is 0 Å². The van der Waals surface area contributed by atoms with Crippen molar-refractivity contribution in [1.82, 2.24) is 14.9 Å². The number of aliphatic imine (C=N–C) groups is 1. The molecule has 0 saturated heterocycles. The molecule has 88 valence electrons. The third-order valence-electron chi connectivity index (χ3n) is 2.36. The lowest BCUT2D eigenvalue weighted by molar-refractivity contribution is 0.719. The van der Waals surface area contributed by atoms with Crippen LogP contribution in [0.1, 0.15) is 12.6 Å². The molecule has 0 unspecified atom stereocenters. The zero-order chi connectivity index (χ0) is 11.4. The number of nitrogens with zero attached hydrogens (tertiary/aromatic N) is 3. The Morgan fingerprint density at radius 2 is 2.62 bits per heavy atom. The Morgan fingerprint density at radius 1 is 1.75 bits per heavy atom. The van der Waals surface area contributed by atoms with Crippen LogP contribution in [0.2, 0.25) is 0 Å². The van der Waals surface area contributed by atoms with Gasteiger partial charge < -0.3 is 15.6 Å². The smallest absolute Gasteiger partial charge is 0.188 e. The summed E-state index contributed by atoms with van der Waals surface area (Å²) < 4.78 is 2.21. The average Bonchev–Trinajstić information content (AvgIpc) is 2.78. The Bertz CT molecular complexity index is 363. The number of aromatic nitrogens is 2. The molecule has 0 spiro atoms. The number of guanidine groups is 1. The number of hydrogen-bond acceptors (Lipinski definition) is 3. The SMILES string of the molecule is CCNC(N)=NCCc1cn2c(n1)SCC2. The first-order valence-electron chi connectivity index (χ1n) is 5.52. The van der Waals surface area contributed by atoms with E-state index in [-0.39, 0.29) is 0 Å². The minimum absolute atomic E-state index is 0.517. The number of rotatable bonds is 4. The van der Waals surface area contributed by atoms with E-state index in [2.05, 4.69) is 26.1 Å². The number of thioether (sulfide) groups is 1. The summed E-state index contributed by atoms with van der Waals surface area (Å²) in [5.74, 6) is 1.66. The fraction of sp³-hybridized carbons (Fsp3) is 0.600. The molecule has 0 saturated carbocycles. The molecule has 0 fully saturated rings. The van der Waals surface area contributed by atoms with Crippen molar-refractivity contribution in [3.63, 3.8) is 0 Å². The van der Waals surface area contributed by atoms with Gasteiger partial charge in [0.05, 0.1) is 5.69 Å². The van der Waals surface area contributed by atoms with Crippen LogP contribution in [0.5, 0.6) is 0 Å². The Balaban J connectivity index is 1.83. The lowest BCUT2D eigenvalue weighted by atomic mass is 10.3. The lowest BCUT2D eigenvalue weighted by Gasteiger charge is -2.00. The summed E-state index contributed by atoms with van der Waals surface area (Å²) in [6.45, 7) is 4.58. The molecule has 0 bridgehead atoms. The Hall–Kier alpha value is -1.17. The van der Waals surface area contributed by atoms with Crippen molar-refractivity contribution in [1.29, 1.82) is 0 Å². The highest BCUT2D eigenvalue weighted by atomic mass is 32.2. The zero-order valence-corrected chi connectivity index (χ0v) is 10.3. The van der Waals surface area contributed by atoms with Crippen LogP contribution in [0, 0.1) is 0 Å². The molecule has 6 heteroatoms. The maximum atomic E-state index is 5.63. The van der Waals surface area contributed by atoms with E-state index in [0.717, 1.165) is 36.1 Å². The monoisotopic (exact) mass is 239 g/mol. The number of aryl methyl sites for hydroxylation is 1. The summed E-state index contributed by atoms with van der Waals surface area (Å²) in [4.78, 5) is 8.75. The zero-order valence-electron chi connectivity index (χ0n) is 9.44. The van der Waals surface area contributed by atoms with Gasteiger partial charge in [-0.1, -0.05) is 11.8 Å². The Kier molecular flexibility index (Phi) is 3.71. The quantitative estimate of drug-likeness (QED) is 0.591. The molecule has 0 atom stereocenters. The van der Waals surface area contributed by atoms with Gasteiger partial charge in [-0.15, -0.1) is 0 Å². The largest absolute Gasteiger partial charge is 0.370 e. The summed E-state index contributed by atoms with van der Waals surface area (Å²) in [6.07, 6.45) is 2.97. The molecular formula is C10H17N5S. The predicted molar refractivity (Wildman–Crippen MR) is 66.8 cm³/mol. The van der Waals surface area contributed by atoms with Crippen molar-refractivity contribution in [3.8, 4) is 0 Å². The van der Waals surface area contributed by atoms with Gasteiger partial charge in [0.2, 0.25) is 0 Å². The van der Waals surface area contributed by atoms with Crippen LogP contribution in [-0.2, 0) is 13.0 Å². The topological polar surface area (TPSA) is 68.2 Å². The molecule has 0 radical (unpaired) electrons. The Labute approximate surface area is 99.5 Å². The molecule has 0 amide bonds. The average molecular weight is 239 g/mol.